The van der Waals surface area contributed by atoms with Gasteiger partial charge in [0.1, 0.15) is 5.82 Å². The molecular formula is C17H28N4O2S. The zero-order valence-corrected chi connectivity index (χ0v) is 15.5. The van der Waals surface area contributed by atoms with Gasteiger partial charge < -0.3 is 14.6 Å². The van der Waals surface area contributed by atoms with Gasteiger partial charge in [-0.3, -0.25) is 9.69 Å². The Morgan fingerprint density at radius 2 is 2.21 bits per heavy atom. The molecule has 0 radical (unpaired) electrons. The molecule has 3 heterocycles. The van der Waals surface area contributed by atoms with Gasteiger partial charge in [-0.15, -0.1) is 0 Å². The van der Waals surface area contributed by atoms with Crippen LogP contribution < -0.4 is 0 Å². The van der Waals surface area contributed by atoms with Crippen molar-refractivity contribution in [1.82, 2.24) is 19.4 Å². The fourth-order valence-corrected chi connectivity index (χ4v) is 4.22. The predicted molar refractivity (Wildman–Crippen MR) is 95.7 cm³/mol. The first-order chi connectivity index (χ1) is 11.5. The molecule has 1 aromatic heterocycles. The number of thioether (sulfide) groups is 1. The van der Waals surface area contributed by atoms with Gasteiger partial charge in [-0.25, -0.2) is 4.98 Å². The zero-order valence-electron chi connectivity index (χ0n) is 14.6. The van der Waals surface area contributed by atoms with E-state index in [1.807, 2.05) is 35.2 Å². The molecule has 1 amide bonds. The van der Waals surface area contributed by atoms with Gasteiger partial charge in [0.15, 0.2) is 0 Å². The lowest BCUT2D eigenvalue weighted by Gasteiger charge is -2.50. The van der Waals surface area contributed by atoms with Crippen LogP contribution in [0.2, 0.25) is 0 Å². The highest BCUT2D eigenvalue weighted by atomic mass is 32.2. The van der Waals surface area contributed by atoms with Gasteiger partial charge in [0.05, 0.1) is 12.1 Å². The normalized spacial score (nSPS) is 28.0. The van der Waals surface area contributed by atoms with Crippen LogP contribution in [0, 0.1) is 5.92 Å². The third-order valence-corrected chi connectivity index (χ3v) is 6.13. The third kappa shape index (κ3) is 3.78. The number of carbonyl (C=O) groups is 1. The Kier molecular flexibility index (Phi) is 5.52. The number of fused-ring (bicyclic) bond motifs is 1. The standard InChI is InChI=1S/C17H28N4O2S/c1-19-9-6-18-15(19)13-20-7-4-17(23)5-8-21(12-14(17)11-20)16(22)3-10-24-2/h6,9,14,23H,3-5,7-8,10-13H2,1-2H3/t14-,17-/m0/s1. The van der Waals surface area contributed by atoms with Crippen molar-refractivity contribution in [2.24, 2.45) is 13.0 Å². The van der Waals surface area contributed by atoms with Crippen LogP contribution in [0.3, 0.4) is 0 Å². The van der Waals surface area contributed by atoms with Crippen molar-refractivity contribution in [3.05, 3.63) is 18.2 Å². The molecule has 1 N–H and O–H groups in total. The first-order valence-corrected chi connectivity index (χ1v) is 10.1. The first-order valence-electron chi connectivity index (χ1n) is 8.69. The van der Waals surface area contributed by atoms with E-state index in [4.69, 9.17) is 0 Å². The van der Waals surface area contributed by atoms with Crippen LogP contribution in [0.4, 0.5) is 0 Å². The van der Waals surface area contributed by atoms with Crippen LogP contribution in [0.5, 0.6) is 0 Å². The van der Waals surface area contributed by atoms with Crippen LogP contribution in [0.15, 0.2) is 12.4 Å². The number of amides is 1. The number of hydrogen-bond donors (Lipinski definition) is 1. The topological polar surface area (TPSA) is 61.6 Å². The first kappa shape index (κ1) is 17.8. The Labute approximate surface area is 148 Å². The summed E-state index contributed by atoms with van der Waals surface area (Å²) in [5, 5.41) is 11.0. The summed E-state index contributed by atoms with van der Waals surface area (Å²) in [6.07, 6.45) is 7.90. The van der Waals surface area contributed by atoms with Crippen molar-refractivity contribution >= 4 is 17.7 Å². The van der Waals surface area contributed by atoms with E-state index in [1.54, 1.807) is 11.8 Å². The number of aliphatic hydroxyl groups is 1. The number of likely N-dealkylation sites (tertiary alicyclic amines) is 2. The Morgan fingerprint density at radius 3 is 2.92 bits per heavy atom. The van der Waals surface area contributed by atoms with E-state index < -0.39 is 5.60 Å². The van der Waals surface area contributed by atoms with Crippen LogP contribution >= 0.6 is 11.8 Å². The molecule has 24 heavy (non-hydrogen) atoms. The van der Waals surface area contributed by atoms with Gasteiger partial charge >= 0.3 is 0 Å². The Bertz CT molecular complexity index is 579. The summed E-state index contributed by atoms with van der Waals surface area (Å²) in [6.45, 7) is 3.90. The summed E-state index contributed by atoms with van der Waals surface area (Å²) in [5.41, 5.74) is -0.603. The second kappa shape index (κ2) is 7.45. The minimum Gasteiger partial charge on any atom is -0.389 e. The summed E-state index contributed by atoms with van der Waals surface area (Å²) in [7, 11) is 2.01. The molecule has 2 atom stereocenters. The molecule has 2 aliphatic heterocycles. The van der Waals surface area contributed by atoms with Crippen LogP contribution in [0.25, 0.3) is 0 Å². The molecule has 2 saturated heterocycles. The lowest BCUT2D eigenvalue weighted by Crippen LogP contribution is -2.60. The maximum atomic E-state index is 12.3. The predicted octanol–water partition coefficient (Wildman–Crippen LogP) is 0.958. The number of aromatic nitrogens is 2. The van der Waals surface area contributed by atoms with Gasteiger partial charge in [-0.2, -0.15) is 11.8 Å². The molecule has 2 fully saturated rings. The average molecular weight is 353 g/mol. The van der Waals surface area contributed by atoms with Crippen molar-refractivity contribution < 1.29 is 9.90 Å². The molecule has 6 nitrogen and oxygen atoms in total. The van der Waals surface area contributed by atoms with Gasteiger partial charge in [0, 0.05) is 63.7 Å². The second-order valence-corrected chi connectivity index (χ2v) is 8.06. The van der Waals surface area contributed by atoms with E-state index in [-0.39, 0.29) is 11.8 Å². The van der Waals surface area contributed by atoms with Crippen molar-refractivity contribution in [3.8, 4) is 0 Å². The molecule has 1 aromatic rings. The average Bonchev–Trinajstić information content (AvgIpc) is 2.97. The largest absolute Gasteiger partial charge is 0.389 e. The Balaban J connectivity index is 1.61. The van der Waals surface area contributed by atoms with E-state index in [2.05, 4.69) is 9.88 Å². The van der Waals surface area contributed by atoms with E-state index in [9.17, 15) is 9.90 Å². The van der Waals surface area contributed by atoms with E-state index in [0.29, 0.717) is 25.9 Å². The molecule has 0 aliphatic carbocycles. The number of carbonyl (C=O) groups excluding carboxylic acids is 1. The van der Waals surface area contributed by atoms with Gasteiger partial charge in [0.25, 0.3) is 0 Å². The molecule has 0 unspecified atom stereocenters. The molecule has 0 saturated carbocycles. The van der Waals surface area contributed by atoms with Crippen LogP contribution in [-0.2, 0) is 18.4 Å². The quantitative estimate of drug-likeness (QED) is 0.855. The fourth-order valence-electron chi connectivity index (χ4n) is 3.84. The van der Waals surface area contributed by atoms with Crippen molar-refractivity contribution in [3.63, 3.8) is 0 Å². The highest BCUT2D eigenvalue weighted by molar-refractivity contribution is 7.98. The summed E-state index contributed by atoms with van der Waals surface area (Å²) in [5.74, 6) is 2.28. The number of piperidine rings is 2. The molecule has 7 heteroatoms. The Hall–Kier alpha value is -1.05. The van der Waals surface area contributed by atoms with Crippen LogP contribution in [-0.4, -0.2) is 74.2 Å². The highest BCUT2D eigenvalue weighted by Gasteiger charge is 2.45. The minimum atomic E-state index is -0.603. The highest BCUT2D eigenvalue weighted by Crippen LogP contribution is 2.36. The lowest BCUT2D eigenvalue weighted by atomic mass is 9.75. The molecular weight excluding hydrogens is 324 g/mol. The summed E-state index contributed by atoms with van der Waals surface area (Å²) < 4.78 is 2.04. The minimum absolute atomic E-state index is 0.137. The lowest BCUT2D eigenvalue weighted by molar-refractivity contribution is -0.146. The third-order valence-electron chi connectivity index (χ3n) is 5.51. The van der Waals surface area contributed by atoms with Crippen LogP contribution in [0.1, 0.15) is 25.1 Å². The van der Waals surface area contributed by atoms with Gasteiger partial charge in [0.2, 0.25) is 5.91 Å². The number of rotatable bonds is 5. The van der Waals surface area contributed by atoms with E-state index >= 15 is 0 Å². The fraction of sp³-hybridized carbons (Fsp3) is 0.765. The smallest absolute Gasteiger partial charge is 0.223 e. The maximum absolute atomic E-state index is 12.3. The van der Waals surface area contributed by atoms with Gasteiger partial charge in [-0.1, -0.05) is 0 Å². The van der Waals surface area contributed by atoms with Crippen molar-refractivity contribution in [1.29, 1.82) is 0 Å². The number of hydrogen-bond acceptors (Lipinski definition) is 5. The van der Waals surface area contributed by atoms with Crippen molar-refractivity contribution in [2.45, 2.75) is 31.4 Å². The molecule has 0 aromatic carbocycles. The van der Waals surface area contributed by atoms with Crippen molar-refractivity contribution in [2.75, 3.05) is 38.2 Å². The number of nitrogens with zero attached hydrogens (tertiary/aromatic N) is 4. The number of aryl methyl sites for hydroxylation is 1. The maximum Gasteiger partial charge on any atom is 0.223 e. The van der Waals surface area contributed by atoms with E-state index in [1.165, 1.54) is 0 Å². The summed E-state index contributed by atoms with van der Waals surface area (Å²) in [6, 6.07) is 0. The molecule has 2 aliphatic rings. The zero-order chi connectivity index (χ0) is 17.2. The summed E-state index contributed by atoms with van der Waals surface area (Å²) >= 11 is 1.71. The molecule has 3 rings (SSSR count). The second-order valence-electron chi connectivity index (χ2n) is 7.07. The summed E-state index contributed by atoms with van der Waals surface area (Å²) in [4.78, 5) is 21.0. The van der Waals surface area contributed by atoms with E-state index in [0.717, 1.165) is 37.6 Å². The molecule has 134 valence electrons. The van der Waals surface area contributed by atoms with Gasteiger partial charge in [-0.05, 0) is 19.1 Å². The molecule has 0 bridgehead atoms. The monoisotopic (exact) mass is 352 g/mol. The SMILES string of the molecule is CSCCC(=O)N1CC[C@@]2(O)CCN(Cc3nccn3C)C[C@H]2C1. The Morgan fingerprint density at radius 1 is 1.42 bits per heavy atom. The number of imidazole rings is 1. The molecule has 0 spiro atoms.